The molecule has 0 unspecified atom stereocenters. The van der Waals surface area contributed by atoms with Crippen LogP contribution in [0, 0.1) is 0 Å². The lowest BCUT2D eigenvalue weighted by Gasteiger charge is -2.34. The van der Waals surface area contributed by atoms with Crippen LogP contribution in [0.25, 0.3) is 11.3 Å². The van der Waals surface area contributed by atoms with E-state index in [1.54, 1.807) is 24.1 Å². The molecule has 1 aliphatic rings. The van der Waals surface area contributed by atoms with Crippen molar-refractivity contribution >= 4 is 11.8 Å². The number of benzene rings is 2. The molecule has 32 heavy (non-hydrogen) atoms. The Hall–Kier alpha value is -3.65. The predicted octanol–water partition coefficient (Wildman–Crippen LogP) is 2.60. The molecule has 1 atom stereocenters. The van der Waals surface area contributed by atoms with E-state index in [0.29, 0.717) is 24.6 Å². The van der Waals surface area contributed by atoms with Crippen LogP contribution in [0.15, 0.2) is 65.2 Å². The zero-order chi connectivity index (χ0) is 22.5. The third-order valence-electron chi connectivity index (χ3n) is 5.57. The first-order valence-corrected chi connectivity index (χ1v) is 10.5. The number of carbonyl (C=O) groups excluding carboxylic acids is 2. The highest BCUT2D eigenvalue weighted by molar-refractivity contribution is 5.97. The van der Waals surface area contributed by atoms with Gasteiger partial charge in [0.1, 0.15) is 11.8 Å². The van der Waals surface area contributed by atoms with Gasteiger partial charge < -0.3 is 24.4 Å². The summed E-state index contributed by atoms with van der Waals surface area (Å²) in [6, 6.07) is 17.3. The summed E-state index contributed by atoms with van der Waals surface area (Å²) in [7, 11) is 3.61. The summed E-state index contributed by atoms with van der Waals surface area (Å²) in [4.78, 5) is 30.3. The Morgan fingerprint density at radius 1 is 1.03 bits per heavy atom. The van der Waals surface area contributed by atoms with Crippen molar-refractivity contribution in [2.75, 3.05) is 40.3 Å². The van der Waals surface area contributed by atoms with Crippen LogP contribution in [0.4, 0.5) is 0 Å². The van der Waals surface area contributed by atoms with Gasteiger partial charge in [-0.25, -0.2) is 0 Å². The van der Waals surface area contributed by atoms with E-state index >= 15 is 0 Å². The molecule has 2 aromatic carbocycles. The van der Waals surface area contributed by atoms with Gasteiger partial charge in [-0.2, -0.15) is 0 Å². The summed E-state index contributed by atoms with van der Waals surface area (Å²) in [5.41, 5.74) is 1.57. The largest absolute Gasteiger partial charge is 0.497 e. The first kappa shape index (κ1) is 21.6. The van der Waals surface area contributed by atoms with Crippen LogP contribution >= 0.6 is 0 Å². The number of rotatable bonds is 6. The smallest absolute Gasteiger partial charge is 0.274 e. The van der Waals surface area contributed by atoms with E-state index in [9.17, 15) is 9.59 Å². The van der Waals surface area contributed by atoms with Crippen molar-refractivity contribution in [2.45, 2.75) is 6.04 Å². The van der Waals surface area contributed by atoms with Crippen molar-refractivity contribution in [1.29, 1.82) is 0 Å². The van der Waals surface area contributed by atoms with Crippen molar-refractivity contribution in [3.63, 3.8) is 0 Å². The SMILES string of the molecule is COc1cccc(-c2cc(C(=O)N[C@H](C(=O)N3CCN(C)CC3)c3ccccc3)no2)c1. The number of amides is 2. The van der Waals surface area contributed by atoms with E-state index in [-0.39, 0.29) is 11.6 Å². The molecular formula is C24H26N4O4. The van der Waals surface area contributed by atoms with Gasteiger partial charge in [-0.15, -0.1) is 0 Å². The van der Waals surface area contributed by atoms with Gasteiger partial charge in [0.05, 0.1) is 7.11 Å². The van der Waals surface area contributed by atoms with Gasteiger partial charge in [0.15, 0.2) is 11.5 Å². The Labute approximate surface area is 186 Å². The zero-order valence-corrected chi connectivity index (χ0v) is 18.2. The highest BCUT2D eigenvalue weighted by Crippen LogP contribution is 2.25. The van der Waals surface area contributed by atoms with Crippen molar-refractivity contribution in [1.82, 2.24) is 20.3 Å². The zero-order valence-electron chi connectivity index (χ0n) is 18.2. The Morgan fingerprint density at radius 3 is 2.50 bits per heavy atom. The van der Waals surface area contributed by atoms with Crippen LogP contribution in [0.5, 0.6) is 5.75 Å². The number of methoxy groups -OCH3 is 1. The van der Waals surface area contributed by atoms with Crippen LogP contribution < -0.4 is 10.1 Å². The third-order valence-corrected chi connectivity index (χ3v) is 5.57. The van der Waals surface area contributed by atoms with E-state index in [2.05, 4.69) is 15.4 Å². The first-order chi connectivity index (χ1) is 15.5. The fraction of sp³-hybridized carbons (Fsp3) is 0.292. The van der Waals surface area contributed by atoms with Gasteiger partial charge in [0.25, 0.3) is 5.91 Å². The molecule has 4 rings (SSSR count). The van der Waals surface area contributed by atoms with Crippen molar-refractivity contribution < 1.29 is 18.8 Å². The van der Waals surface area contributed by atoms with E-state index in [0.717, 1.165) is 24.2 Å². The number of ether oxygens (including phenoxy) is 1. The highest BCUT2D eigenvalue weighted by atomic mass is 16.5. The number of piperazine rings is 1. The summed E-state index contributed by atoms with van der Waals surface area (Å²) in [6.07, 6.45) is 0. The monoisotopic (exact) mass is 434 g/mol. The summed E-state index contributed by atoms with van der Waals surface area (Å²) < 4.78 is 10.6. The average Bonchev–Trinajstić information content (AvgIpc) is 3.34. The lowest BCUT2D eigenvalue weighted by atomic mass is 10.0. The number of carbonyl (C=O) groups is 2. The lowest BCUT2D eigenvalue weighted by molar-refractivity contribution is -0.135. The minimum absolute atomic E-state index is 0.106. The van der Waals surface area contributed by atoms with Crippen LogP contribution in [0.3, 0.4) is 0 Å². The second-order valence-corrected chi connectivity index (χ2v) is 7.75. The predicted molar refractivity (Wildman–Crippen MR) is 119 cm³/mol. The molecule has 1 N–H and O–H groups in total. The second kappa shape index (κ2) is 9.65. The molecule has 3 aromatic rings. The molecule has 0 aliphatic carbocycles. The molecule has 0 radical (unpaired) electrons. The average molecular weight is 434 g/mol. The first-order valence-electron chi connectivity index (χ1n) is 10.5. The highest BCUT2D eigenvalue weighted by Gasteiger charge is 2.30. The molecule has 2 heterocycles. The number of hydrogen-bond acceptors (Lipinski definition) is 6. The fourth-order valence-corrected chi connectivity index (χ4v) is 3.64. The van der Waals surface area contributed by atoms with Gasteiger partial charge in [-0.3, -0.25) is 9.59 Å². The Morgan fingerprint density at radius 2 is 1.78 bits per heavy atom. The van der Waals surface area contributed by atoms with Gasteiger partial charge in [0, 0.05) is 37.8 Å². The Bertz CT molecular complexity index is 1070. The quantitative estimate of drug-likeness (QED) is 0.642. The van der Waals surface area contributed by atoms with Gasteiger partial charge in [-0.05, 0) is 24.7 Å². The van der Waals surface area contributed by atoms with Crippen LogP contribution in [0.1, 0.15) is 22.1 Å². The molecule has 0 bridgehead atoms. The summed E-state index contributed by atoms with van der Waals surface area (Å²) in [5, 5.41) is 6.77. The van der Waals surface area contributed by atoms with Crippen molar-refractivity contribution in [2.24, 2.45) is 0 Å². The van der Waals surface area contributed by atoms with Crippen molar-refractivity contribution in [3.05, 3.63) is 71.9 Å². The Kier molecular flexibility index (Phi) is 6.51. The molecule has 8 nitrogen and oxygen atoms in total. The molecule has 2 amide bonds. The fourth-order valence-electron chi connectivity index (χ4n) is 3.64. The summed E-state index contributed by atoms with van der Waals surface area (Å²) >= 11 is 0. The van der Waals surface area contributed by atoms with E-state index in [1.807, 2.05) is 55.6 Å². The number of likely N-dealkylation sites (N-methyl/N-ethyl adjacent to an activating group) is 1. The molecule has 166 valence electrons. The molecule has 1 aromatic heterocycles. The maximum absolute atomic E-state index is 13.3. The van der Waals surface area contributed by atoms with E-state index in [1.165, 1.54) is 0 Å². The molecular weight excluding hydrogens is 408 g/mol. The minimum atomic E-state index is -0.802. The molecule has 8 heteroatoms. The molecule has 0 spiro atoms. The summed E-state index contributed by atoms with van der Waals surface area (Å²) in [5.74, 6) is 0.510. The van der Waals surface area contributed by atoms with Crippen LogP contribution in [0.2, 0.25) is 0 Å². The maximum atomic E-state index is 13.3. The normalized spacial score (nSPS) is 15.2. The van der Waals surface area contributed by atoms with Gasteiger partial charge in [-0.1, -0.05) is 47.6 Å². The molecule has 1 saturated heterocycles. The maximum Gasteiger partial charge on any atom is 0.274 e. The van der Waals surface area contributed by atoms with Crippen molar-refractivity contribution in [3.8, 4) is 17.1 Å². The number of hydrogen-bond donors (Lipinski definition) is 1. The van der Waals surface area contributed by atoms with Crippen LogP contribution in [-0.4, -0.2) is 67.1 Å². The number of nitrogens with zero attached hydrogens (tertiary/aromatic N) is 3. The standard InChI is InChI=1S/C24H26N4O4/c1-27-11-13-28(14-12-27)24(30)22(17-7-4-3-5-8-17)25-23(29)20-16-21(32-26-20)18-9-6-10-19(15-18)31-2/h3-10,15-16,22H,11-14H2,1-2H3,(H,25,29)/t22-/m0/s1. The number of aromatic nitrogens is 1. The number of nitrogens with one attached hydrogen (secondary N) is 1. The Balaban J connectivity index is 1.54. The van der Waals surface area contributed by atoms with E-state index in [4.69, 9.17) is 9.26 Å². The second-order valence-electron chi connectivity index (χ2n) is 7.75. The van der Waals surface area contributed by atoms with E-state index < -0.39 is 11.9 Å². The molecule has 0 saturated carbocycles. The summed E-state index contributed by atoms with van der Waals surface area (Å²) in [6.45, 7) is 2.85. The molecule has 1 aliphatic heterocycles. The molecule has 1 fully saturated rings. The van der Waals surface area contributed by atoms with Gasteiger partial charge in [0.2, 0.25) is 5.91 Å². The topological polar surface area (TPSA) is 87.9 Å². The third kappa shape index (κ3) is 4.81. The van der Waals surface area contributed by atoms with Crippen LogP contribution in [-0.2, 0) is 4.79 Å². The minimum Gasteiger partial charge on any atom is -0.497 e. The van der Waals surface area contributed by atoms with Gasteiger partial charge >= 0.3 is 0 Å². The lowest BCUT2D eigenvalue weighted by Crippen LogP contribution is -2.51.